The van der Waals surface area contributed by atoms with E-state index in [2.05, 4.69) is 15.9 Å². The fourth-order valence-corrected chi connectivity index (χ4v) is 1.32. The van der Waals surface area contributed by atoms with Crippen LogP contribution in [-0.2, 0) is 0 Å². The van der Waals surface area contributed by atoms with Gasteiger partial charge in [-0.25, -0.2) is 4.79 Å². The molecule has 0 bridgehead atoms. The van der Waals surface area contributed by atoms with Crippen molar-refractivity contribution < 1.29 is 9.90 Å². The van der Waals surface area contributed by atoms with Crippen molar-refractivity contribution in [3.05, 3.63) is 27.2 Å². The lowest BCUT2D eigenvalue weighted by Crippen LogP contribution is -1.98. The van der Waals surface area contributed by atoms with Crippen molar-refractivity contribution in [3.63, 3.8) is 0 Å². The molecule has 0 spiro atoms. The maximum Gasteiger partial charge on any atom is 0.335 e. The summed E-state index contributed by atoms with van der Waals surface area (Å²) in [6, 6.07) is 2.72. The van der Waals surface area contributed by atoms with Crippen LogP contribution in [0, 0.1) is 0 Å². The summed E-state index contributed by atoms with van der Waals surface area (Å²) in [7, 11) is 0. The number of carboxylic acid groups (broad SMARTS) is 1. The van der Waals surface area contributed by atoms with E-state index in [1.165, 1.54) is 12.1 Å². The van der Waals surface area contributed by atoms with Crippen LogP contribution in [0.25, 0.3) is 0 Å². The number of nitrogen functional groups attached to an aromatic ring is 1. The highest BCUT2D eigenvalue weighted by atomic mass is 79.9. The fourth-order valence-electron chi connectivity index (χ4n) is 0.734. The quantitative estimate of drug-likeness (QED) is 0.752. The van der Waals surface area contributed by atoms with Crippen LogP contribution in [0.4, 0.5) is 5.69 Å². The molecule has 0 saturated carbocycles. The minimum atomic E-state index is -1.03. The van der Waals surface area contributed by atoms with Crippen molar-refractivity contribution in [3.8, 4) is 0 Å². The third-order valence-electron chi connectivity index (χ3n) is 1.30. The zero-order valence-corrected chi connectivity index (χ0v) is 8.19. The van der Waals surface area contributed by atoms with Crippen LogP contribution in [0.5, 0.6) is 0 Å². The molecular weight excluding hydrogens is 245 g/mol. The summed E-state index contributed by atoms with van der Waals surface area (Å²) in [5, 5.41) is 8.94. The number of aromatic carboxylic acids is 1. The van der Waals surface area contributed by atoms with E-state index in [-0.39, 0.29) is 11.3 Å². The van der Waals surface area contributed by atoms with Gasteiger partial charge in [-0.1, -0.05) is 11.6 Å². The van der Waals surface area contributed by atoms with Gasteiger partial charge in [0, 0.05) is 4.47 Å². The van der Waals surface area contributed by atoms with Gasteiger partial charge < -0.3 is 10.8 Å². The number of carboxylic acids is 1. The Labute approximate surface area is 82.3 Å². The first-order chi connectivity index (χ1) is 5.52. The van der Waals surface area contributed by atoms with Gasteiger partial charge in [-0.2, -0.15) is 0 Å². The highest BCUT2D eigenvalue weighted by Gasteiger charge is 2.08. The van der Waals surface area contributed by atoms with Gasteiger partial charge in [0.1, 0.15) is 0 Å². The highest BCUT2D eigenvalue weighted by Crippen LogP contribution is 2.29. The molecule has 0 saturated heterocycles. The summed E-state index contributed by atoms with van der Waals surface area (Å²) in [6.07, 6.45) is 0. The summed E-state index contributed by atoms with van der Waals surface area (Å²) in [6.45, 7) is 0. The standard InChI is InChI=1S/C7H5BrClNO2/c8-4-1-3(7(11)12)2-5(10)6(4)9/h1-2H,10H2,(H,11,12). The normalized spacial score (nSPS) is 9.83. The van der Waals surface area contributed by atoms with Gasteiger partial charge in [0.05, 0.1) is 16.3 Å². The third-order valence-corrected chi connectivity index (χ3v) is 2.58. The monoisotopic (exact) mass is 249 g/mol. The summed E-state index contributed by atoms with van der Waals surface area (Å²) in [5.74, 6) is -1.03. The zero-order valence-electron chi connectivity index (χ0n) is 5.84. The molecule has 0 fully saturated rings. The van der Waals surface area contributed by atoms with E-state index in [9.17, 15) is 4.79 Å². The molecule has 1 aromatic rings. The lowest BCUT2D eigenvalue weighted by Gasteiger charge is -2.02. The first-order valence-electron chi connectivity index (χ1n) is 3.00. The maximum atomic E-state index is 10.5. The van der Waals surface area contributed by atoms with Gasteiger partial charge in [0.2, 0.25) is 0 Å². The summed E-state index contributed by atoms with van der Waals surface area (Å²) in [4.78, 5) is 10.5. The van der Waals surface area contributed by atoms with Gasteiger partial charge in [-0.3, -0.25) is 0 Å². The average Bonchev–Trinajstić information content (AvgIpc) is 1.99. The van der Waals surface area contributed by atoms with Crippen LogP contribution < -0.4 is 5.73 Å². The predicted octanol–water partition coefficient (Wildman–Crippen LogP) is 2.38. The Hall–Kier alpha value is -0.740. The number of halogens is 2. The Bertz CT molecular complexity index is 317. The van der Waals surface area contributed by atoms with E-state index in [4.69, 9.17) is 22.4 Å². The van der Waals surface area contributed by atoms with Gasteiger partial charge >= 0.3 is 5.97 Å². The van der Waals surface area contributed by atoms with Gasteiger partial charge in [-0.05, 0) is 28.1 Å². The second kappa shape index (κ2) is 3.33. The van der Waals surface area contributed by atoms with Crippen molar-refractivity contribution in [2.24, 2.45) is 0 Å². The second-order valence-corrected chi connectivity index (χ2v) is 3.40. The van der Waals surface area contributed by atoms with Crippen molar-refractivity contribution in [2.45, 2.75) is 0 Å². The molecule has 12 heavy (non-hydrogen) atoms. The number of hydrogen-bond acceptors (Lipinski definition) is 2. The Kier molecular flexibility index (Phi) is 2.59. The maximum absolute atomic E-state index is 10.5. The number of benzene rings is 1. The molecule has 0 radical (unpaired) electrons. The van der Waals surface area contributed by atoms with Gasteiger partial charge in [0.15, 0.2) is 0 Å². The lowest BCUT2D eigenvalue weighted by atomic mass is 10.2. The van der Waals surface area contributed by atoms with Gasteiger partial charge in [0.25, 0.3) is 0 Å². The molecule has 5 heteroatoms. The van der Waals surface area contributed by atoms with Crippen molar-refractivity contribution in [2.75, 3.05) is 5.73 Å². The average molecular weight is 250 g/mol. The van der Waals surface area contributed by atoms with E-state index in [1.807, 2.05) is 0 Å². The van der Waals surface area contributed by atoms with Crippen LogP contribution in [0.3, 0.4) is 0 Å². The molecule has 0 aromatic heterocycles. The Morgan fingerprint density at radius 2 is 2.17 bits per heavy atom. The molecule has 0 atom stereocenters. The van der Waals surface area contributed by atoms with E-state index in [0.29, 0.717) is 9.50 Å². The molecule has 0 aliphatic rings. The van der Waals surface area contributed by atoms with Crippen molar-refractivity contribution in [1.82, 2.24) is 0 Å². The van der Waals surface area contributed by atoms with Crippen LogP contribution in [-0.4, -0.2) is 11.1 Å². The Morgan fingerprint density at radius 1 is 1.58 bits per heavy atom. The smallest absolute Gasteiger partial charge is 0.335 e. The Balaban J connectivity index is 3.31. The largest absolute Gasteiger partial charge is 0.478 e. The fraction of sp³-hybridized carbons (Fsp3) is 0. The molecule has 1 rings (SSSR count). The minimum Gasteiger partial charge on any atom is -0.478 e. The topological polar surface area (TPSA) is 63.3 Å². The molecule has 0 unspecified atom stereocenters. The molecule has 0 heterocycles. The van der Waals surface area contributed by atoms with Crippen molar-refractivity contribution in [1.29, 1.82) is 0 Å². The van der Waals surface area contributed by atoms with Crippen LogP contribution >= 0.6 is 27.5 Å². The van der Waals surface area contributed by atoms with Gasteiger partial charge in [-0.15, -0.1) is 0 Å². The second-order valence-electron chi connectivity index (χ2n) is 2.17. The highest BCUT2D eigenvalue weighted by molar-refractivity contribution is 9.10. The van der Waals surface area contributed by atoms with Crippen LogP contribution in [0.1, 0.15) is 10.4 Å². The Morgan fingerprint density at radius 3 is 2.58 bits per heavy atom. The number of anilines is 1. The molecule has 1 aromatic carbocycles. The van der Waals surface area contributed by atoms with E-state index >= 15 is 0 Å². The molecule has 0 aliphatic carbocycles. The summed E-state index contributed by atoms with van der Waals surface area (Å²) >= 11 is 8.78. The van der Waals surface area contributed by atoms with E-state index in [0.717, 1.165) is 0 Å². The SMILES string of the molecule is Nc1cc(C(=O)O)cc(Br)c1Cl. The first-order valence-corrected chi connectivity index (χ1v) is 4.17. The number of rotatable bonds is 1. The van der Waals surface area contributed by atoms with Crippen molar-refractivity contribution >= 4 is 39.2 Å². The number of carbonyl (C=O) groups is 1. The lowest BCUT2D eigenvalue weighted by molar-refractivity contribution is 0.0697. The third kappa shape index (κ3) is 1.70. The molecular formula is C7H5BrClNO2. The van der Waals surface area contributed by atoms with Crippen LogP contribution in [0.2, 0.25) is 5.02 Å². The number of hydrogen-bond donors (Lipinski definition) is 2. The molecule has 0 aliphatic heterocycles. The molecule has 0 amide bonds. The minimum absolute atomic E-state index is 0.115. The summed E-state index contributed by atoms with van der Waals surface area (Å²) < 4.78 is 0.488. The molecule has 3 N–H and O–H groups in total. The molecule has 3 nitrogen and oxygen atoms in total. The van der Waals surface area contributed by atoms with E-state index < -0.39 is 5.97 Å². The predicted molar refractivity (Wildman–Crippen MR) is 50.5 cm³/mol. The van der Waals surface area contributed by atoms with Crippen LogP contribution in [0.15, 0.2) is 16.6 Å². The molecule has 64 valence electrons. The first kappa shape index (κ1) is 9.35. The van der Waals surface area contributed by atoms with E-state index in [1.54, 1.807) is 0 Å². The number of nitrogens with two attached hydrogens (primary N) is 1. The zero-order chi connectivity index (χ0) is 9.30. The summed E-state index contributed by atoms with van der Waals surface area (Å²) in [5.41, 5.74) is 5.80.